The van der Waals surface area contributed by atoms with Crippen molar-refractivity contribution in [3.05, 3.63) is 24.3 Å². The average Bonchev–Trinajstić information content (AvgIpc) is 2.38. The molecule has 5 nitrogen and oxygen atoms in total. The van der Waals surface area contributed by atoms with E-state index in [1.54, 1.807) is 38.2 Å². The van der Waals surface area contributed by atoms with E-state index in [0.717, 1.165) is 12.2 Å². The summed E-state index contributed by atoms with van der Waals surface area (Å²) in [5, 5.41) is 2.36. The predicted molar refractivity (Wildman–Crippen MR) is 78.2 cm³/mol. The molecule has 1 atom stereocenters. The molecular weight excluding hydrogens is 264 g/mol. The van der Waals surface area contributed by atoms with Gasteiger partial charge in [-0.3, -0.25) is 4.72 Å². The van der Waals surface area contributed by atoms with Crippen LogP contribution < -0.4 is 14.8 Å². The largest absolute Gasteiger partial charge is 0.494 e. The molecule has 0 fully saturated rings. The van der Waals surface area contributed by atoms with Gasteiger partial charge in [-0.25, -0.2) is 8.42 Å². The molecule has 0 aliphatic heterocycles. The fraction of sp³-hybridized carbons (Fsp3) is 0.538. The Morgan fingerprint density at radius 1 is 1.26 bits per heavy atom. The average molecular weight is 286 g/mol. The summed E-state index contributed by atoms with van der Waals surface area (Å²) < 4.78 is 31.9. The quantitative estimate of drug-likeness (QED) is 0.765. The van der Waals surface area contributed by atoms with Crippen molar-refractivity contribution in [2.45, 2.75) is 25.5 Å². The molecule has 0 aliphatic rings. The van der Waals surface area contributed by atoms with E-state index in [2.05, 4.69) is 10.0 Å². The monoisotopic (exact) mass is 286 g/mol. The van der Waals surface area contributed by atoms with Crippen LogP contribution in [0, 0.1) is 0 Å². The molecule has 19 heavy (non-hydrogen) atoms. The van der Waals surface area contributed by atoms with Gasteiger partial charge in [0.2, 0.25) is 10.0 Å². The van der Waals surface area contributed by atoms with Gasteiger partial charge in [-0.1, -0.05) is 6.92 Å². The molecule has 0 radical (unpaired) electrons. The van der Waals surface area contributed by atoms with Crippen LogP contribution in [0.15, 0.2) is 24.3 Å². The topological polar surface area (TPSA) is 67.4 Å². The normalized spacial score (nSPS) is 13.0. The Kier molecular flexibility index (Phi) is 6.11. The summed E-state index contributed by atoms with van der Waals surface area (Å²) in [6, 6.07) is 6.93. The molecule has 108 valence electrons. The molecule has 1 aromatic rings. The maximum Gasteiger partial charge on any atom is 0.236 e. The summed E-state index contributed by atoms with van der Waals surface area (Å²) in [7, 11) is -1.63. The Labute approximate surface area is 115 Å². The minimum atomic E-state index is -3.36. The van der Waals surface area contributed by atoms with Crippen molar-refractivity contribution < 1.29 is 13.2 Å². The van der Waals surface area contributed by atoms with Crippen molar-refractivity contribution in [2.24, 2.45) is 0 Å². The second kappa shape index (κ2) is 7.35. The number of nitrogens with one attached hydrogen (secondary N) is 2. The summed E-state index contributed by atoms with van der Waals surface area (Å²) in [6.07, 6.45) is 0.940. The molecule has 0 bridgehead atoms. The minimum absolute atomic E-state index is 0.410. The highest BCUT2D eigenvalue weighted by Gasteiger charge is 2.19. The zero-order chi connectivity index (χ0) is 14.3. The van der Waals surface area contributed by atoms with Gasteiger partial charge in [0, 0.05) is 12.2 Å². The smallest absolute Gasteiger partial charge is 0.236 e. The van der Waals surface area contributed by atoms with Gasteiger partial charge in [0.05, 0.1) is 11.9 Å². The maximum absolute atomic E-state index is 12.0. The first-order valence-electron chi connectivity index (χ1n) is 6.38. The van der Waals surface area contributed by atoms with E-state index in [4.69, 9.17) is 4.74 Å². The number of benzene rings is 1. The second-order valence-corrected chi connectivity index (χ2v) is 6.49. The molecule has 1 rings (SSSR count). The highest BCUT2D eigenvalue weighted by molar-refractivity contribution is 7.93. The Morgan fingerprint density at radius 3 is 2.42 bits per heavy atom. The second-order valence-electron chi connectivity index (χ2n) is 4.39. The van der Waals surface area contributed by atoms with E-state index in [0.29, 0.717) is 18.8 Å². The van der Waals surface area contributed by atoms with Crippen LogP contribution in [0.2, 0.25) is 0 Å². The third-order valence-corrected chi connectivity index (χ3v) is 4.35. The van der Waals surface area contributed by atoms with Gasteiger partial charge in [0.25, 0.3) is 0 Å². The lowest BCUT2D eigenvalue weighted by atomic mass is 10.3. The first-order valence-corrected chi connectivity index (χ1v) is 7.93. The van der Waals surface area contributed by atoms with Gasteiger partial charge >= 0.3 is 0 Å². The number of hydrogen-bond donors (Lipinski definition) is 2. The van der Waals surface area contributed by atoms with Gasteiger partial charge < -0.3 is 10.1 Å². The summed E-state index contributed by atoms with van der Waals surface area (Å²) in [5.74, 6) is 0.744. The van der Waals surface area contributed by atoms with Crippen molar-refractivity contribution in [2.75, 3.05) is 24.9 Å². The van der Waals surface area contributed by atoms with Crippen LogP contribution in [-0.2, 0) is 10.0 Å². The third kappa shape index (κ3) is 5.08. The van der Waals surface area contributed by atoms with Crippen molar-refractivity contribution in [1.82, 2.24) is 5.32 Å². The molecule has 1 aromatic carbocycles. The van der Waals surface area contributed by atoms with Crippen LogP contribution >= 0.6 is 0 Å². The lowest BCUT2D eigenvalue weighted by Crippen LogP contribution is -2.33. The van der Waals surface area contributed by atoms with E-state index < -0.39 is 15.3 Å². The fourth-order valence-electron chi connectivity index (χ4n) is 1.50. The van der Waals surface area contributed by atoms with Crippen LogP contribution in [-0.4, -0.2) is 33.9 Å². The summed E-state index contributed by atoms with van der Waals surface area (Å²) in [4.78, 5) is 0. The molecular formula is C13H22N2O3S. The Morgan fingerprint density at radius 2 is 1.89 bits per heavy atom. The summed E-state index contributed by atoms with van der Waals surface area (Å²) in [6.45, 7) is 4.76. The van der Waals surface area contributed by atoms with Crippen LogP contribution in [0.25, 0.3) is 0 Å². The van der Waals surface area contributed by atoms with E-state index >= 15 is 0 Å². The summed E-state index contributed by atoms with van der Waals surface area (Å²) >= 11 is 0. The molecule has 0 amide bonds. The third-order valence-electron chi connectivity index (χ3n) is 2.61. The Bertz CT molecular complexity index is 471. The van der Waals surface area contributed by atoms with E-state index in [1.807, 2.05) is 6.92 Å². The lowest BCUT2D eigenvalue weighted by Gasteiger charge is -2.14. The highest BCUT2D eigenvalue weighted by atomic mass is 32.2. The first-order chi connectivity index (χ1) is 8.99. The molecule has 0 saturated heterocycles. The number of ether oxygens (including phenoxy) is 1. The number of anilines is 1. The predicted octanol–water partition coefficient (Wildman–Crippen LogP) is 1.82. The van der Waals surface area contributed by atoms with Crippen molar-refractivity contribution in [1.29, 1.82) is 0 Å². The molecule has 0 aromatic heterocycles. The summed E-state index contributed by atoms with van der Waals surface area (Å²) in [5.41, 5.74) is 0.548. The van der Waals surface area contributed by atoms with E-state index in [-0.39, 0.29) is 0 Å². The molecule has 2 N–H and O–H groups in total. The van der Waals surface area contributed by atoms with Crippen molar-refractivity contribution in [3.63, 3.8) is 0 Å². The zero-order valence-corrected chi connectivity index (χ0v) is 12.5. The Hall–Kier alpha value is -1.27. The van der Waals surface area contributed by atoms with Crippen LogP contribution in [0.1, 0.15) is 20.3 Å². The van der Waals surface area contributed by atoms with Crippen LogP contribution in [0.3, 0.4) is 0 Å². The van der Waals surface area contributed by atoms with Gasteiger partial charge in [0.1, 0.15) is 5.75 Å². The van der Waals surface area contributed by atoms with Crippen LogP contribution in [0.5, 0.6) is 5.75 Å². The highest BCUT2D eigenvalue weighted by Crippen LogP contribution is 2.17. The van der Waals surface area contributed by atoms with E-state index in [9.17, 15) is 8.42 Å². The van der Waals surface area contributed by atoms with Gasteiger partial charge in [-0.05, 0) is 44.7 Å². The molecule has 0 spiro atoms. The molecule has 0 saturated carbocycles. The lowest BCUT2D eigenvalue weighted by molar-refractivity contribution is 0.317. The van der Waals surface area contributed by atoms with Crippen molar-refractivity contribution >= 4 is 15.7 Å². The maximum atomic E-state index is 12.0. The Balaban J connectivity index is 2.67. The number of rotatable bonds is 8. The van der Waals surface area contributed by atoms with E-state index in [1.165, 1.54) is 0 Å². The SMILES string of the molecule is CCCOc1ccc(NS(=O)(=O)C(C)CNC)cc1. The number of hydrogen-bond acceptors (Lipinski definition) is 4. The molecule has 0 aliphatic carbocycles. The van der Waals surface area contributed by atoms with Gasteiger partial charge in [-0.15, -0.1) is 0 Å². The molecule has 6 heteroatoms. The van der Waals surface area contributed by atoms with Crippen LogP contribution in [0.4, 0.5) is 5.69 Å². The minimum Gasteiger partial charge on any atom is -0.494 e. The zero-order valence-electron chi connectivity index (χ0n) is 11.6. The molecule has 1 unspecified atom stereocenters. The van der Waals surface area contributed by atoms with Crippen molar-refractivity contribution in [3.8, 4) is 5.75 Å². The molecule has 0 heterocycles. The number of sulfonamides is 1. The van der Waals surface area contributed by atoms with Gasteiger partial charge in [0.15, 0.2) is 0 Å². The first kappa shape index (κ1) is 15.8. The fourth-order valence-corrected chi connectivity index (χ4v) is 2.55. The van der Waals surface area contributed by atoms with Gasteiger partial charge in [-0.2, -0.15) is 0 Å². The standard InChI is InChI=1S/C13H22N2O3S/c1-4-9-18-13-7-5-12(6-8-13)15-19(16,17)11(2)10-14-3/h5-8,11,14-15H,4,9-10H2,1-3H3.